The van der Waals surface area contributed by atoms with E-state index in [1.807, 2.05) is 46.1 Å². The van der Waals surface area contributed by atoms with Crippen molar-refractivity contribution in [2.45, 2.75) is 105 Å². The molecule has 117 heavy (non-hydrogen) atoms. The van der Waals surface area contributed by atoms with Crippen LogP contribution in [0.15, 0.2) is 346 Å². The van der Waals surface area contributed by atoms with Crippen molar-refractivity contribution >= 4 is 117 Å². The van der Waals surface area contributed by atoms with Crippen LogP contribution in [0.3, 0.4) is 0 Å². The molecule has 0 unspecified atom stereocenters. The Morgan fingerprint density at radius 1 is 0.265 bits per heavy atom. The lowest BCUT2D eigenvalue weighted by Gasteiger charge is -2.46. The van der Waals surface area contributed by atoms with Gasteiger partial charge in [-0.3, -0.25) is 0 Å². The van der Waals surface area contributed by atoms with E-state index in [9.17, 15) is 8.22 Å². The number of benzene rings is 16. The highest BCUT2D eigenvalue weighted by atomic mass is 15.2. The molecule has 0 N–H and O–H groups in total. The van der Waals surface area contributed by atoms with Gasteiger partial charge in [-0.1, -0.05) is 338 Å². The van der Waals surface area contributed by atoms with Crippen molar-refractivity contribution in [3.05, 3.63) is 368 Å². The molecule has 0 fully saturated rings. The number of nitrogens with zero attached hydrogens (tertiary/aromatic N) is 4. The van der Waals surface area contributed by atoms with Gasteiger partial charge in [0.25, 0.3) is 6.71 Å². The van der Waals surface area contributed by atoms with Crippen molar-refractivity contribution in [2.75, 3.05) is 9.80 Å². The van der Waals surface area contributed by atoms with Gasteiger partial charge in [0.15, 0.2) is 0 Å². The highest BCUT2D eigenvalue weighted by molar-refractivity contribution is 7.01. The van der Waals surface area contributed by atoms with E-state index < -0.39 is 17.5 Å². The molecule has 0 aliphatic carbocycles. The molecule has 3 aromatic heterocycles. The zero-order valence-electron chi connectivity index (χ0n) is 74.3. The van der Waals surface area contributed by atoms with Crippen LogP contribution in [0.25, 0.3) is 143 Å². The van der Waals surface area contributed by atoms with Crippen molar-refractivity contribution in [1.29, 1.82) is 0 Å². The molecule has 0 bridgehead atoms. The Bertz CT molecular complexity index is 7510. The maximum Gasteiger partial charge on any atom is 0.252 e. The summed E-state index contributed by atoms with van der Waals surface area (Å²) in [4.78, 5) is 5.34. The Kier molecular flexibility index (Phi) is 14.8. The van der Waals surface area contributed by atoms with Crippen LogP contribution >= 0.6 is 0 Å². The summed E-state index contributed by atoms with van der Waals surface area (Å²) in [5.41, 5.74) is 28.8. The second-order valence-electron chi connectivity index (χ2n) is 36.3. The third kappa shape index (κ3) is 11.5. The lowest BCUT2D eigenvalue weighted by Crippen LogP contribution is -2.61. The fourth-order valence-electron chi connectivity index (χ4n) is 18.8. The molecule has 16 aromatic carbocycles. The smallest absolute Gasteiger partial charge is 0.252 e. The Morgan fingerprint density at radius 3 is 1.02 bits per heavy atom. The summed E-state index contributed by atoms with van der Waals surface area (Å²) in [6.45, 7) is 25.2. The lowest BCUT2D eigenvalue weighted by atomic mass is 9.33. The van der Waals surface area contributed by atoms with E-state index in [1.165, 1.54) is 5.56 Å². The monoisotopic (exact) mass is 1510 g/mol. The SMILES string of the molecule is [2H]c1c(C(C)(C)C)c([2H])c2c3c([2H])c(C(C)(C)C)c([2H])c([2H])c3n(-c3ccc4c(c3)N(c3c(-c5ccccc5)cc(C(C)(C)C)cc3-c3cccc(-c5ccccc5)c3)c3c5c(c6c7ccccc7n7c8ccccc8c3c67)N(c3c(-c6ccccc6)cc(C(C)(C)C)cc3-c3cccc(-c6ccccc6)c3)c3cc(-c6ccccc6)ccc3B45)c2c1[2H]. The van der Waals surface area contributed by atoms with Gasteiger partial charge in [0.05, 0.1) is 58.6 Å². The maximum atomic E-state index is 10.6. The van der Waals surface area contributed by atoms with E-state index in [-0.39, 0.29) is 58.1 Å². The van der Waals surface area contributed by atoms with Gasteiger partial charge in [-0.05, 0) is 207 Å². The van der Waals surface area contributed by atoms with Gasteiger partial charge in [-0.2, -0.15) is 0 Å². The Morgan fingerprint density at radius 2 is 0.607 bits per heavy atom. The fourth-order valence-corrected chi connectivity index (χ4v) is 18.8. The zero-order chi connectivity index (χ0) is 84.9. The van der Waals surface area contributed by atoms with Gasteiger partial charge in [-0.15, -0.1) is 0 Å². The maximum absolute atomic E-state index is 10.6. The van der Waals surface area contributed by atoms with Crippen molar-refractivity contribution in [1.82, 2.24) is 8.97 Å². The Labute approximate surface area is 696 Å². The van der Waals surface area contributed by atoms with Crippen molar-refractivity contribution in [3.8, 4) is 83.6 Å². The van der Waals surface area contributed by atoms with Crippen LogP contribution in [0.2, 0.25) is 0 Å². The van der Waals surface area contributed by atoms with Crippen LogP contribution in [-0.4, -0.2) is 15.7 Å². The number of hydrogen-bond donors (Lipinski definition) is 0. The van der Waals surface area contributed by atoms with Crippen molar-refractivity contribution in [3.63, 3.8) is 0 Å². The average molecular weight is 1510 g/mol. The number of anilines is 6. The molecule has 0 amide bonds. The van der Waals surface area contributed by atoms with Gasteiger partial charge >= 0.3 is 0 Å². The van der Waals surface area contributed by atoms with Gasteiger partial charge < -0.3 is 18.8 Å². The zero-order valence-corrected chi connectivity index (χ0v) is 68.3. The van der Waals surface area contributed by atoms with E-state index in [4.69, 9.17) is 0 Å². The van der Waals surface area contributed by atoms with E-state index >= 15 is 0 Å². The highest BCUT2D eigenvalue weighted by Gasteiger charge is 2.49. The van der Waals surface area contributed by atoms with E-state index in [2.05, 4.69) is 365 Å². The molecule has 2 aliphatic rings. The van der Waals surface area contributed by atoms with E-state index in [0.29, 0.717) is 27.6 Å². The van der Waals surface area contributed by atoms with Crippen LogP contribution in [0.5, 0.6) is 0 Å². The molecular formula is C112H93BN4. The standard InChI is InChI=1S/C112H93BN4/c1-109(2,3)80-53-58-97-91(63-80)92-64-81(110(4,5)6)54-59-98(92)114(97)84-55-57-94-100(69-84)117(105-88(74-42-26-17-27-43-74)66-83(112(10,11)12)68-90(105)79-47-33-45-76(61-79)71-36-20-14-21-37-71)108-102-86-49-29-31-51-96(86)115-95-50-30-28-48-85(95)101(106(102)115)107-103(108)113(94)93-56-52-77(72-38-22-15-23-39-72)62-99(93)116(107)104-87(73-40-24-16-25-41-73)65-82(111(7,8)9)67-89(104)78-46-32-44-75(60-78)70-34-18-13-19-35-70/h13-69H,1-12H3/i53D,54D,58D,59D,63D,64D. The van der Waals surface area contributed by atoms with Gasteiger partial charge in [0, 0.05) is 71.6 Å². The van der Waals surface area contributed by atoms with Crippen LogP contribution in [0.1, 0.15) is 114 Å². The second-order valence-corrected chi connectivity index (χ2v) is 36.3. The van der Waals surface area contributed by atoms with Crippen LogP contribution in [0.4, 0.5) is 34.1 Å². The first-order valence-electron chi connectivity index (χ1n) is 44.2. The minimum absolute atomic E-state index is 0.0393. The quantitative estimate of drug-likeness (QED) is 0.127. The third-order valence-corrected chi connectivity index (χ3v) is 24.7. The fraction of sp³-hybridized carbons (Fsp3) is 0.143. The minimum atomic E-state index is -0.768. The van der Waals surface area contributed by atoms with E-state index in [1.54, 1.807) is 0 Å². The first kappa shape index (κ1) is 65.1. The molecule has 0 radical (unpaired) electrons. The van der Waals surface area contributed by atoms with Crippen LogP contribution in [-0.2, 0) is 21.7 Å². The summed E-state index contributed by atoms with van der Waals surface area (Å²) in [5.74, 6) is 0. The summed E-state index contributed by atoms with van der Waals surface area (Å²) < 4.78 is 67.1. The molecule has 5 heterocycles. The lowest BCUT2D eigenvalue weighted by molar-refractivity contribution is 0.590. The molecule has 0 saturated heterocycles. The third-order valence-electron chi connectivity index (χ3n) is 24.7. The van der Waals surface area contributed by atoms with Crippen molar-refractivity contribution in [2.24, 2.45) is 0 Å². The minimum Gasteiger partial charge on any atom is -0.309 e. The molecule has 0 atom stereocenters. The van der Waals surface area contributed by atoms with Crippen LogP contribution < -0.4 is 26.2 Å². The summed E-state index contributed by atoms with van der Waals surface area (Å²) in [6, 6.07) is 114. The molecule has 0 spiro atoms. The first-order chi connectivity index (χ1) is 59.1. The number of hydrogen-bond acceptors (Lipinski definition) is 2. The summed E-state index contributed by atoms with van der Waals surface area (Å²) >= 11 is 0. The van der Waals surface area contributed by atoms with Gasteiger partial charge in [0.1, 0.15) is 0 Å². The Balaban J connectivity index is 1.02. The number of para-hydroxylation sites is 2. The number of rotatable bonds is 10. The summed E-state index contributed by atoms with van der Waals surface area (Å²) in [6.07, 6.45) is 0. The first-order valence-corrected chi connectivity index (χ1v) is 41.2. The molecule has 19 aromatic rings. The summed E-state index contributed by atoms with van der Waals surface area (Å²) in [7, 11) is 0. The highest BCUT2D eigenvalue weighted by Crippen LogP contribution is 2.60. The number of fused-ring (bicyclic) bond motifs is 15. The molecular weight excluding hydrogens is 1410 g/mol. The van der Waals surface area contributed by atoms with Gasteiger partial charge in [-0.25, -0.2) is 0 Å². The van der Waals surface area contributed by atoms with Crippen LogP contribution in [0, 0.1) is 0 Å². The van der Waals surface area contributed by atoms with E-state index in [0.717, 1.165) is 172 Å². The molecule has 564 valence electrons. The predicted octanol–water partition coefficient (Wildman–Crippen LogP) is 28.9. The van der Waals surface area contributed by atoms with Crippen molar-refractivity contribution < 1.29 is 8.22 Å². The van der Waals surface area contributed by atoms with Gasteiger partial charge in [0.2, 0.25) is 0 Å². The number of aromatic nitrogens is 2. The molecule has 5 heteroatoms. The molecule has 21 rings (SSSR count). The topological polar surface area (TPSA) is 15.8 Å². The second kappa shape index (κ2) is 26.7. The molecule has 4 nitrogen and oxygen atoms in total. The average Bonchev–Trinajstić information content (AvgIpc) is 1.53. The summed E-state index contributed by atoms with van der Waals surface area (Å²) in [5, 5.41) is 4.99. The molecule has 2 aliphatic heterocycles. The normalized spacial score (nSPS) is 13.8. The largest absolute Gasteiger partial charge is 0.309 e. The predicted molar refractivity (Wildman–Crippen MR) is 502 cm³/mol. The molecule has 0 saturated carbocycles. The Hall–Kier alpha value is -13.2.